The van der Waals surface area contributed by atoms with E-state index in [0.29, 0.717) is 6.20 Å². The lowest BCUT2D eigenvalue weighted by Crippen LogP contribution is -2.51. The summed E-state index contributed by atoms with van der Waals surface area (Å²) >= 11 is 0. The van der Waals surface area contributed by atoms with Gasteiger partial charge in [0.25, 0.3) is 0 Å². The maximum atomic E-state index is 13.0. The Labute approximate surface area is 189 Å². The lowest BCUT2D eigenvalue weighted by molar-refractivity contribution is -0.137. The van der Waals surface area contributed by atoms with E-state index >= 15 is 0 Å². The Bertz CT molecular complexity index is 1190. The molecule has 0 aliphatic carbocycles. The summed E-state index contributed by atoms with van der Waals surface area (Å²) in [6.07, 6.45) is -1.27. The van der Waals surface area contributed by atoms with Crippen LogP contribution in [0.1, 0.15) is 12.0 Å². The number of halogens is 3. The maximum Gasteiger partial charge on any atom is 0.417 e. The molecule has 0 amide bonds. The Hall–Kier alpha value is -3.02. The van der Waals surface area contributed by atoms with Gasteiger partial charge in [0.2, 0.25) is 10.0 Å². The lowest BCUT2D eigenvalue weighted by Gasteiger charge is -2.35. The molecule has 2 N–H and O–H groups in total. The number of hydrogen-bond acceptors (Lipinski definition) is 6. The molecule has 4 rings (SSSR count). The molecule has 0 unspecified atom stereocenters. The third-order valence-corrected chi connectivity index (χ3v) is 7.35. The number of piperidine rings is 1. The molecule has 1 aliphatic heterocycles. The Kier molecular flexibility index (Phi) is 6.37. The second-order valence-electron chi connectivity index (χ2n) is 7.66. The maximum absolute atomic E-state index is 13.0. The van der Waals surface area contributed by atoms with Gasteiger partial charge in [0.05, 0.1) is 22.6 Å². The molecule has 2 atom stereocenters. The number of alkyl halides is 3. The summed E-state index contributed by atoms with van der Waals surface area (Å²) in [7, 11) is -3.82. The van der Waals surface area contributed by atoms with Crippen molar-refractivity contribution >= 4 is 15.8 Å². The number of aliphatic hydroxyl groups excluding tert-OH is 1. The van der Waals surface area contributed by atoms with E-state index in [2.05, 4.69) is 15.3 Å². The highest BCUT2D eigenvalue weighted by molar-refractivity contribution is 7.89. The molecule has 7 nitrogen and oxygen atoms in total. The number of nitrogens with one attached hydrogen (secondary N) is 1. The van der Waals surface area contributed by atoms with E-state index in [9.17, 15) is 26.7 Å². The van der Waals surface area contributed by atoms with Gasteiger partial charge < -0.3 is 10.4 Å². The van der Waals surface area contributed by atoms with Crippen LogP contribution < -0.4 is 5.32 Å². The van der Waals surface area contributed by atoms with Gasteiger partial charge in [-0.1, -0.05) is 12.1 Å². The number of aliphatic hydroxyl groups is 1. The average Bonchev–Trinajstić information content (AvgIpc) is 2.81. The van der Waals surface area contributed by atoms with Crippen LogP contribution in [-0.2, 0) is 16.2 Å². The van der Waals surface area contributed by atoms with Crippen LogP contribution in [0.2, 0.25) is 0 Å². The molecule has 1 fully saturated rings. The lowest BCUT2D eigenvalue weighted by atomic mass is 10.0. The van der Waals surface area contributed by atoms with Gasteiger partial charge in [-0.25, -0.2) is 13.4 Å². The van der Waals surface area contributed by atoms with Gasteiger partial charge in [-0.15, -0.1) is 0 Å². The number of rotatable bonds is 5. The van der Waals surface area contributed by atoms with Gasteiger partial charge in [0, 0.05) is 31.7 Å². The summed E-state index contributed by atoms with van der Waals surface area (Å²) in [5.74, 6) is 0.176. The second kappa shape index (κ2) is 9.08. The summed E-state index contributed by atoms with van der Waals surface area (Å²) < 4.78 is 65.3. The first-order valence-corrected chi connectivity index (χ1v) is 11.6. The minimum Gasteiger partial charge on any atom is -0.390 e. The zero-order valence-electron chi connectivity index (χ0n) is 17.3. The molecule has 0 spiro atoms. The van der Waals surface area contributed by atoms with E-state index in [4.69, 9.17) is 0 Å². The van der Waals surface area contributed by atoms with Gasteiger partial charge in [-0.3, -0.25) is 4.98 Å². The number of pyridine rings is 2. The third-order valence-electron chi connectivity index (χ3n) is 5.47. The fourth-order valence-electron chi connectivity index (χ4n) is 3.64. The van der Waals surface area contributed by atoms with Gasteiger partial charge in [0.15, 0.2) is 0 Å². The molecule has 33 heavy (non-hydrogen) atoms. The predicted octanol–water partition coefficient (Wildman–Crippen LogP) is 3.40. The summed E-state index contributed by atoms with van der Waals surface area (Å²) in [6.45, 7) is -0.00343. The van der Waals surface area contributed by atoms with Crippen LogP contribution in [0, 0.1) is 0 Å². The standard InChI is InChI=1S/C22H21F3N4O3S/c23-22(24,25)17-3-6-21(27-13-17)28-19-9-12-29(14-20(19)30)33(31,32)18-4-1-15(2-5-18)16-7-10-26-11-8-16/h1-8,10-11,13,19-20,30H,9,12,14H2,(H,27,28)/t19-,20+/m1/s1. The summed E-state index contributed by atoms with van der Waals surface area (Å²) in [4.78, 5) is 7.82. The van der Waals surface area contributed by atoms with Gasteiger partial charge in [0.1, 0.15) is 5.82 Å². The predicted molar refractivity (Wildman–Crippen MR) is 116 cm³/mol. The summed E-state index contributed by atoms with van der Waals surface area (Å²) in [5, 5.41) is 13.4. The van der Waals surface area contributed by atoms with E-state index in [0.717, 1.165) is 17.2 Å². The second-order valence-corrected chi connectivity index (χ2v) is 9.60. The number of sulfonamides is 1. The third kappa shape index (κ3) is 5.15. The van der Waals surface area contributed by atoms with Crippen molar-refractivity contribution < 1.29 is 26.7 Å². The fourth-order valence-corrected chi connectivity index (χ4v) is 5.11. The zero-order chi connectivity index (χ0) is 23.6. The quantitative estimate of drug-likeness (QED) is 0.584. The monoisotopic (exact) mass is 478 g/mol. The van der Waals surface area contributed by atoms with Crippen molar-refractivity contribution in [1.82, 2.24) is 14.3 Å². The van der Waals surface area contributed by atoms with Crippen LogP contribution in [0.5, 0.6) is 0 Å². The van der Waals surface area contributed by atoms with E-state index in [-0.39, 0.29) is 30.2 Å². The van der Waals surface area contributed by atoms with Crippen molar-refractivity contribution in [2.75, 3.05) is 18.4 Å². The zero-order valence-corrected chi connectivity index (χ0v) is 18.1. The Balaban J connectivity index is 1.41. The molecule has 1 saturated heterocycles. The van der Waals surface area contributed by atoms with Crippen molar-refractivity contribution in [3.8, 4) is 11.1 Å². The molecular weight excluding hydrogens is 457 g/mol. The highest BCUT2D eigenvalue weighted by Gasteiger charge is 2.35. The number of benzene rings is 1. The minimum absolute atomic E-state index is 0.114. The van der Waals surface area contributed by atoms with Crippen molar-refractivity contribution in [2.45, 2.75) is 29.6 Å². The number of β-amino-alcohol motifs (C(OH)–C–C–N with tert-alkyl or cyclic N) is 1. The van der Waals surface area contributed by atoms with E-state index in [1.54, 1.807) is 24.5 Å². The van der Waals surface area contributed by atoms with Crippen LogP contribution in [0.3, 0.4) is 0 Å². The molecule has 11 heteroatoms. The van der Waals surface area contributed by atoms with Crippen molar-refractivity contribution in [3.05, 3.63) is 72.7 Å². The molecule has 1 aliphatic rings. The molecule has 0 bridgehead atoms. The van der Waals surface area contributed by atoms with E-state index in [1.165, 1.54) is 22.5 Å². The summed E-state index contributed by atoms with van der Waals surface area (Å²) in [6, 6.07) is 11.6. The first kappa shape index (κ1) is 23.1. The van der Waals surface area contributed by atoms with E-state index < -0.39 is 33.9 Å². The molecule has 2 aromatic heterocycles. The molecule has 174 valence electrons. The van der Waals surface area contributed by atoms with Crippen LogP contribution in [0.25, 0.3) is 11.1 Å². The van der Waals surface area contributed by atoms with Crippen LogP contribution in [0.4, 0.5) is 19.0 Å². The van der Waals surface area contributed by atoms with Crippen LogP contribution in [0.15, 0.2) is 72.0 Å². The van der Waals surface area contributed by atoms with Crippen LogP contribution >= 0.6 is 0 Å². The van der Waals surface area contributed by atoms with Crippen LogP contribution in [-0.4, -0.2) is 53.0 Å². The first-order valence-electron chi connectivity index (χ1n) is 10.1. The van der Waals surface area contributed by atoms with Gasteiger partial charge in [-0.2, -0.15) is 17.5 Å². The Morgan fingerprint density at radius 3 is 2.24 bits per heavy atom. The molecule has 0 saturated carbocycles. The van der Waals surface area contributed by atoms with Crippen molar-refractivity contribution in [2.24, 2.45) is 0 Å². The first-order chi connectivity index (χ1) is 15.6. The molecular formula is C22H21F3N4O3S. The summed E-state index contributed by atoms with van der Waals surface area (Å²) in [5.41, 5.74) is 0.890. The van der Waals surface area contributed by atoms with E-state index in [1.807, 2.05) is 12.1 Å². The topological polar surface area (TPSA) is 95.4 Å². The number of aromatic nitrogens is 2. The molecule has 3 heterocycles. The highest BCUT2D eigenvalue weighted by atomic mass is 32.2. The number of nitrogens with zero attached hydrogens (tertiary/aromatic N) is 3. The van der Waals surface area contributed by atoms with Gasteiger partial charge in [-0.05, 0) is 53.9 Å². The Morgan fingerprint density at radius 2 is 1.67 bits per heavy atom. The number of hydrogen-bond donors (Lipinski definition) is 2. The number of anilines is 1. The SMILES string of the molecule is O=S(=O)(c1ccc(-c2ccncc2)cc1)N1CC[C@@H](Nc2ccc(C(F)(F)F)cn2)[C@@H](O)C1. The molecule has 1 aromatic carbocycles. The smallest absolute Gasteiger partial charge is 0.390 e. The van der Waals surface area contributed by atoms with Crippen molar-refractivity contribution in [3.63, 3.8) is 0 Å². The largest absolute Gasteiger partial charge is 0.417 e. The molecule has 0 radical (unpaired) electrons. The molecule has 3 aromatic rings. The average molecular weight is 478 g/mol. The fraction of sp³-hybridized carbons (Fsp3) is 0.273. The highest BCUT2D eigenvalue weighted by Crippen LogP contribution is 2.29. The van der Waals surface area contributed by atoms with Gasteiger partial charge >= 0.3 is 6.18 Å². The Morgan fingerprint density at radius 1 is 1.00 bits per heavy atom. The van der Waals surface area contributed by atoms with Crippen molar-refractivity contribution in [1.29, 1.82) is 0 Å². The minimum atomic E-state index is -4.48. The normalized spacial score (nSPS) is 19.9.